The number of hydrogen-bond acceptors (Lipinski definition) is 9. The highest BCUT2D eigenvalue weighted by molar-refractivity contribution is 6.35. The fraction of sp³-hybridized carbons (Fsp3) is 0.462. The number of halogens is 2. The van der Waals surface area contributed by atoms with Crippen LogP contribution in [0.15, 0.2) is 30.5 Å². The number of pyridine rings is 1. The summed E-state index contributed by atoms with van der Waals surface area (Å²) >= 11 is 12.4. The van der Waals surface area contributed by atoms with E-state index < -0.39 is 53.7 Å². The third-order valence-electron chi connectivity index (χ3n) is 5.98. The number of ether oxygens (including phenoxy) is 4. The average molecular weight is 569 g/mol. The molecule has 1 aromatic carbocycles. The second-order valence-electron chi connectivity index (χ2n) is 9.17. The topological polar surface area (TPSA) is 133 Å². The van der Waals surface area contributed by atoms with Gasteiger partial charge in [-0.15, -0.1) is 0 Å². The summed E-state index contributed by atoms with van der Waals surface area (Å²) in [5.74, 6) is -3.38. The van der Waals surface area contributed by atoms with Crippen molar-refractivity contribution in [2.24, 2.45) is 11.8 Å². The predicted octanol–water partition coefficient (Wildman–Crippen LogP) is 3.59. The standard InChI is InChI=1S/C26H30Cl2N2O8/c1-13(2)25(33)38-23-14(3)37-26(34)19(30-24(32)21-22(31)20(35-4)7-8-29-21)12-36-11-16(23)9-15-5-6-17(27)10-18(15)28/h5-8,10,13-14,16,19,23,31H,9,11-12H2,1-4H3,(H,30,32). The molecule has 206 valence electrons. The molecule has 38 heavy (non-hydrogen) atoms. The lowest BCUT2D eigenvalue weighted by molar-refractivity contribution is -0.173. The number of hydrogen-bond donors (Lipinski definition) is 2. The van der Waals surface area contributed by atoms with E-state index >= 15 is 0 Å². The first kappa shape index (κ1) is 29.5. The van der Waals surface area contributed by atoms with Crippen LogP contribution in [0.1, 0.15) is 36.8 Å². The summed E-state index contributed by atoms with van der Waals surface area (Å²) < 4.78 is 22.2. The van der Waals surface area contributed by atoms with Gasteiger partial charge in [0.05, 0.1) is 26.2 Å². The van der Waals surface area contributed by atoms with Crippen molar-refractivity contribution in [3.8, 4) is 11.5 Å². The van der Waals surface area contributed by atoms with Gasteiger partial charge in [0.15, 0.2) is 23.2 Å². The number of carbonyl (C=O) groups excluding carboxylic acids is 3. The monoisotopic (exact) mass is 568 g/mol. The van der Waals surface area contributed by atoms with Gasteiger partial charge < -0.3 is 29.4 Å². The second-order valence-corrected chi connectivity index (χ2v) is 10.0. The smallest absolute Gasteiger partial charge is 0.331 e. The molecule has 0 bridgehead atoms. The van der Waals surface area contributed by atoms with Gasteiger partial charge in [-0.2, -0.15) is 0 Å². The number of esters is 2. The van der Waals surface area contributed by atoms with Gasteiger partial charge in [-0.05, 0) is 31.0 Å². The van der Waals surface area contributed by atoms with E-state index in [1.54, 1.807) is 39.0 Å². The number of aromatic hydroxyl groups is 1. The number of cyclic esters (lactones) is 1. The lowest BCUT2D eigenvalue weighted by Gasteiger charge is -2.31. The highest BCUT2D eigenvalue weighted by atomic mass is 35.5. The number of benzene rings is 1. The van der Waals surface area contributed by atoms with Gasteiger partial charge in [0.25, 0.3) is 5.91 Å². The molecule has 1 saturated heterocycles. The number of nitrogens with one attached hydrogen (secondary N) is 1. The van der Waals surface area contributed by atoms with Crippen molar-refractivity contribution < 1.29 is 38.4 Å². The summed E-state index contributed by atoms with van der Waals surface area (Å²) in [5, 5.41) is 13.7. The van der Waals surface area contributed by atoms with Crippen LogP contribution >= 0.6 is 23.2 Å². The number of aromatic nitrogens is 1. The number of rotatable bonds is 7. The SMILES string of the molecule is COc1ccnc(C(=O)NC2COCC(Cc3ccc(Cl)cc3Cl)C(OC(=O)C(C)C)C(C)OC2=O)c1O. The molecule has 2 heterocycles. The van der Waals surface area contributed by atoms with Crippen LogP contribution in [0, 0.1) is 11.8 Å². The Balaban J connectivity index is 1.84. The molecule has 1 amide bonds. The van der Waals surface area contributed by atoms with Crippen molar-refractivity contribution >= 4 is 41.0 Å². The largest absolute Gasteiger partial charge is 0.503 e. The maximum absolute atomic E-state index is 13.0. The molecule has 1 aliphatic heterocycles. The molecule has 1 aromatic heterocycles. The van der Waals surface area contributed by atoms with Gasteiger partial charge in [-0.1, -0.05) is 43.1 Å². The minimum atomic E-state index is -1.23. The summed E-state index contributed by atoms with van der Waals surface area (Å²) in [7, 11) is 1.33. The van der Waals surface area contributed by atoms with E-state index in [0.29, 0.717) is 16.5 Å². The molecule has 10 nitrogen and oxygen atoms in total. The minimum Gasteiger partial charge on any atom is -0.503 e. The normalized spacial score (nSPS) is 22.0. The number of carbonyl (C=O) groups is 3. The van der Waals surface area contributed by atoms with Crippen molar-refractivity contribution in [2.45, 2.75) is 45.4 Å². The Bertz CT molecular complexity index is 1180. The first-order chi connectivity index (χ1) is 18.0. The van der Waals surface area contributed by atoms with Crippen molar-refractivity contribution in [1.82, 2.24) is 10.3 Å². The lowest BCUT2D eigenvalue weighted by Crippen LogP contribution is -2.47. The van der Waals surface area contributed by atoms with Crippen molar-refractivity contribution in [2.75, 3.05) is 20.3 Å². The highest BCUT2D eigenvalue weighted by Gasteiger charge is 2.38. The van der Waals surface area contributed by atoms with Crippen molar-refractivity contribution in [1.29, 1.82) is 0 Å². The summed E-state index contributed by atoms with van der Waals surface area (Å²) in [6.45, 7) is 4.82. The van der Waals surface area contributed by atoms with Crippen LogP contribution in [-0.4, -0.2) is 66.5 Å². The Morgan fingerprint density at radius 2 is 1.97 bits per heavy atom. The van der Waals surface area contributed by atoms with E-state index in [4.69, 9.17) is 42.1 Å². The van der Waals surface area contributed by atoms with E-state index in [-0.39, 0.29) is 24.7 Å². The number of nitrogens with zero attached hydrogens (tertiary/aromatic N) is 1. The van der Waals surface area contributed by atoms with Gasteiger partial charge in [-0.3, -0.25) is 9.59 Å². The zero-order valence-electron chi connectivity index (χ0n) is 21.4. The van der Waals surface area contributed by atoms with Crippen LogP contribution in [0.5, 0.6) is 11.5 Å². The van der Waals surface area contributed by atoms with Gasteiger partial charge in [0.1, 0.15) is 12.2 Å². The second kappa shape index (κ2) is 13.1. The third-order valence-corrected chi connectivity index (χ3v) is 6.57. The Kier molecular flexibility index (Phi) is 10.2. The van der Waals surface area contributed by atoms with Gasteiger partial charge in [-0.25, -0.2) is 9.78 Å². The maximum atomic E-state index is 13.0. The van der Waals surface area contributed by atoms with E-state index in [1.807, 2.05) is 0 Å². The fourth-order valence-corrected chi connectivity index (χ4v) is 4.40. The molecule has 0 radical (unpaired) electrons. The van der Waals surface area contributed by atoms with Crippen molar-refractivity contribution in [3.63, 3.8) is 0 Å². The molecule has 1 fully saturated rings. The van der Waals surface area contributed by atoms with E-state index in [9.17, 15) is 19.5 Å². The van der Waals surface area contributed by atoms with Gasteiger partial charge >= 0.3 is 11.9 Å². The minimum absolute atomic E-state index is 0.0468. The molecule has 0 aliphatic carbocycles. The molecular weight excluding hydrogens is 539 g/mol. The maximum Gasteiger partial charge on any atom is 0.331 e. The highest BCUT2D eigenvalue weighted by Crippen LogP contribution is 2.29. The van der Waals surface area contributed by atoms with Crippen LogP contribution < -0.4 is 10.1 Å². The molecule has 0 saturated carbocycles. The van der Waals surface area contributed by atoms with Crippen LogP contribution in [0.25, 0.3) is 0 Å². The Hall–Kier alpha value is -3.08. The van der Waals surface area contributed by atoms with Gasteiger partial charge in [0.2, 0.25) is 0 Å². The quantitative estimate of drug-likeness (QED) is 0.480. The van der Waals surface area contributed by atoms with E-state index in [1.165, 1.54) is 19.4 Å². The molecule has 4 atom stereocenters. The Morgan fingerprint density at radius 3 is 2.63 bits per heavy atom. The summed E-state index contributed by atoms with van der Waals surface area (Å²) in [6.07, 6.45) is -0.120. The first-order valence-corrected chi connectivity index (χ1v) is 12.7. The van der Waals surface area contributed by atoms with E-state index in [0.717, 1.165) is 5.56 Å². The van der Waals surface area contributed by atoms with Gasteiger partial charge in [0, 0.05) is 28.2 Å². The molecule has 0 spiro atoms. The first-order valence-electron chi connectivity index (χ1n) is 12.0. The summed E-state index contributed by atoms with van der Waals surface area (Å²) in [4.78, 5) is 42.3. The number of methoxy groups -OCH3 is 1. The fourth-order valence-electron chi connectivity index (χ4n) is 3.92. The molecule has 12 heteroatoms. The molecule has 2 N–H and O–H groups in total. The predicted molar refractivity (Wildman–Crippen MR) is 138 cm³/mol. The molecule has 2 aromatic rings. The Labute approximate surface area is 230 Å². The summed E-state index contributed by atoms with van der Waals surface area (Å²) in [6, 6.07) is 5.24. The average Bonchev–Trinajstić information content (AvgIpc) is 2.91. The third kappa shape index (κ3) is 7.27. The summed E-state index contributed by atoms with van der Waals surface area (Å²) in [5.41, 5.74) is 0.418. The lowest BCUT2D eigenvalue weighted by atomic mass is 9.91. The van der Waals surface area contributed by atoms with Crippen LogP contribution in [0.3, 0.4) is 0 Å². The van der Waals surface area contributed by atoms with Crippen molar-refractivity contribution in [3.05, 3.63) is 51.8 Å². The Morgan fingerprint density at radius 1 is 1.24 bits per heavy atom. The zero-order valence-corrected chi connectivity index (χ0v) is 22.9. The molecule has 4 unspecified atom stereocenters. The van der Waals surface area contributed by atoms with E-state index in [2.05, 4.69) is 10.3 Å². The van der Waals surface area contributed by atoms with Crippen LogP contribution in [0.4, 0.5) is 0 Å². The molecular formula is C26H30Cl2N2O8. The molecule has 1 aliphatic rings. The van der Waals surface area contributed by atoms with Crippen LogP contribution in [-0.2, 0) is 30.2 Å². The van der Waals surface area contributed by atoms with Crippen LogP contribution in [0.2, 0.25) is 10.0 Å². The molecule has 3 rings (SSSR count). The number of amides is 1. The zero-order chi connectivity index (χ0) is 28.0.